The van der Waals surface area contributed by atoms with Crippen molar-refractivity contribution < 1.29 is 9.53 Å². The summed E-state index contributed by atoms with van der Waals surface area (Å²) in [6, 6.07) is 7.04. The van der Waals surface area contributed by atoms with Gasteiger partial charge >= 0.3 is 5.97 Å². The normalized spacial score (nSPS) is 15.5. The van der Waals surface area contributed by atoms with Gasteiger partial charge in [0.25, 0.3) is 0 Å². The second kappa shape index (κ2) is 6.91. The Bertz CT molecular complexity index is 1090. The number of aryl methyl sites for hydroxylation is 2. The first-order chi connectivity index (χ1) is 13.4. The number of hydrogen-bond acceptors (Lipinski definition) is 5. The highest BCUT2D eigenvalue weighted by Gasteiger charge is 2.32. The molecule has 0 spiro atoms. The Labute approximate surface area is 167 Å². The van der Waals surface area contributed by atoms with Crippen molar-refractivity contribution in [1.29, 1.82) is 0 Å². The largest absolute Gasteiger partial charge is 0.469 e. The smallest absolute Gasteiger partial charge is 0.308 e. The molecule has 0 bridgehead atoms. The van der Waals surface area contributed by atoms with Crippen molar-refractivity contribution in [3.05, 3.63) is 64.0 Å². The third-order valence-electron chi connectivity index (χ3n) is 5.08. The van der Waals surface area contributed by atoms with Gasteiger partial charge in [-0.25, -0.2) is 0 Å². The number of aliphatic imine (C=N–C) groups is 1. The molecule has 0 saturated heterocycles. The van der Waals surface area contributed by atoms with E-state index in [1.54, 1.807) is 0 Å². The number of benzene rings is 1. The second-order valence-electron chi connectivity index (χ2n) is 6.81. The first-order valence-corrected chi connectivity index (χ1v) is 9.27. The zero-order chi connectivity index (χ0) is 20.0. The maximum absolute atomic E-state index is 12.1. The Morgan fingerprint density at radius 2 is 1.93 bits per heavy atom. The highest BCUT2D eigenvalue weighted by Crippen LogP contribution is 2.34. The predicted octanol–water partition coefficient (Wildman–Crippen LogP) is 3.33. The zero-order valence-corrected chi connectivity index (χ0v) is 16.9. The van der Waals surface area contributed by atoms with Crippen LogP contribution in [0, 0.1) is 13.8 Å². The third-order valence-corrected chi connectivity index (χ3v) is 5.33. The minimum Gasteiger partial charge on any atom is -0.469 e. The number of aromatic nitrogens is 4. The van der Waals surface area contributed by atoms with E-state index >= 15 is 0 Å². The van der Waals surface area contributed by atoms with Crippen LogP contribution in [0.3, 0.4) is 0 Å². The van der Waals surface area contributed by atoms with Crippen molar-refractivity contribution in [2.45, 2.75) is 26.3 Å². The maximum Gasteiger partial charge on any atom is 0.308 e. The summed E-state index contributed by atoms with van der Waals surface area (Å²) in [4.78, 5) is 17.0. The third kappa shape index (κ3) is 2.92. The second-order valence-corrected chi connectivity index (χ2v) is 7.24. The highest BCUT2D eigenvalue weighted by molar-refractivity contribution is 6.30. The molecule has 1 aromatic carbocycles. The minimum absolute atomic E-state index is 0.0845. The fourth-order valence-electron chi connectivity index (χ4n) is 3.54. The molecule has 1 atom stereocenters. The molecule has 0 saturated carbocycles. The fraction of sp³-hybridized carbons (Fsp3) is 0.300. The van der Waals surface area contributed by atoms with Gasteiger partial charge in [-0.2, -0.15) is 0 Å². The van der Waals surface area contributed by atoms with E-state index in [-0.39, 0.29) is 12.4 Å². The molecule has 0 radical (unpaired) electrons. The summed E-state index contributed by atoms with van der Waals surface area (Å²) in [5.41, 5.74) is 4.70. The highest BCUT2D eigenvalue weighted by atomic mass is 35.5. The number of halogens is 1. The van der Waals surface area contributed by atoms with Crippen molar-refractivity contribution >= 4 is 23.3 Å². The molecular formula is C20H20ClN5O2. The molecule has 144 valence electrons. The Kier molecular flexibility index (Phi) is 4.55. The first kappa shape index (κ1) is 18.4. The zero-order valence-electron chi connectivity index (χ0n) is 16.1. The van der Waals surface area contributed by atoms with E-state index in [1.165, 1.54) is 7.11 Å². The SMILES string of the molecule is COC(=O)CC1N=C(c2ccc(Cl)cc2)c2c(cn(C)c2C)-n2c(C)nnc21. The quantitative estimate of drug-likeness (QED) is 0.635. The van der Waals surface area contributed by atoms with Gasteiger partial charge in [-0.05, 0) is 26.0 Å². The van der Waals surface area contributed by atoms with Crippen LogP contribution in [0.25, 0.3) is 5.69 Å². The number of fused-ring (bicyclic) bond motifs is 3. The number of carbonyl (C=O) groups is 1. The van der Waals surface area contributed by atoms with Gasteiger partial charge in [-0.15, -0.1) is 10.2 Å². The molecule has 0 aliphatic carbocycles. The van der Waals surface area contributed by atoms with Gasteiger partial charge in [0.1, 0.15) is 11.9 Å². The summed E-state index contributed by atoms with van der Waals surface area (Å²) < 4.78 is 8.92. The van der Waals surface area contributed by atoms with E-state index in [9.17, 15) is 4.79 Å². The van der Waals surface area contributed by atoms with Gasteiger partial charge in [-0.3, -0.25) is 14.4 Å². The molecule has 1 aliphatic rings. The number of esters is 1. The molecule has 2 aromatic heterocycles. The lowest BCUT2D eigenvalue weighted by Crippen LogP contribution is -2.12. The first-order valence-electron chi connectivity index (χ1n) is 8.89. The molecule has 1 unspecified atom stereocenters. The lowest BCUT2D eigenvalue weighted by Gasteiger charge is -2.12. The van der Waals surface area contributed by atoms with E-state index in [0.717, 1.165) is 34.0 Å². The molecule has 4 rings (SSSR count). The summed E-state index contributed by atoms with van der Waals surface area (Å²) in [6.45, 7) is 3.94. The lowest BCUT2D eigenvalue weighted by molar-refractivity contribution is -0.141. The van der Waals surface area contributed by atoms with Crippen LogP contribution in [-0.4, -0.2) is 38.1 Å². The van der Waals surface area contributed by atoms with E-state index in [2.05, 4.69) is 14.8 Å². The van der Waals surface area contributed by atoms with Crippen LogP contribution >= 0.6 is 11.6 Å². The standard InChI is InChI=1S/C20H20ClN5O2/c1-11-18-16(10-25(11)3)26-12(2)23-24-20(26)15(9-17(27)28-4)22-19(18)13-5-7-14(21)8-6-13/h5-8,10,15H,9H2,1-4H3. The van der Waals surface area contributed by atoms with Crippen molar-refractivity contribution in [1.82, 2.24) is 19.3 Å². The van der Waals surface area contributed by atoms with Crippen LogP contribution in [0.15, 0.2) is 35.5 Å². The number of hydrogen-bond donors (Lipinski definition) is 0. The van der Waals surface area contributed by atoms with Gasteiger partial charge in [0.2, 0.25) is 0 Å². The van der Waals surface area contributed by atoms with E-state index in [4.69, 9.17) is 21.3 Å². The molecule has 7 nitrogen and oxygen atoms in total. The van der Waals surface area contributed by atoms with Gasteiger partial charge in [0.15, 0.2) is 5.82 Å². The van der Waals surface area contributed by atoms with Gasteiger partial charge in [-0.1, -0.05) is 23.7 Å². The molecule has 3 heterocycles. The number of nitrogens with zero attached hydrogens (tertiary/aromatic N) is 5. The number of methoxy groups -OCH3 is 1. The number of rotatable bonds is 3. The molecular weight excluding hydrogens is 378 g/mol. The van der Waals surface area contributed by atoms with Crippen LogP contribution < -0.4 is 0 Å². The molecule has 3 aromatic rings. The van der Waals surface area contributed by atoms with Crippen molar-refractivity contribution in [2.75, 3.05) is 7.11 Å². The van der Waals surface area contributed by atoms with Crippen molar-refractivity contribution in [2.24, 2.45) is 12.0 Å². The molecule has 0 fully saturated rings. The monoisotopic (exact) mass is 397 g/mol. The van der Waals surface area contributed by atoms with Crippen LogP contribution in [0.2, 0.25) is 5.02 Å². The van der Waals surface area contributed by atoms with Crippen LogP contribution in [-0.2, 0) is 16.6 Å². The Morgan fingerprint density at radius 1 is 1.21 bits per heavy atom. The van der Waals surface area contributed by atoms with E-state index in [0.29, 0.717) is 10.8 Å². The van der Waals surface area contributed by atoms with Crippen LogP contribution in [0.5, 0.6) is 0 Å². The molecule has 0 N–H and O–H groups in total. The Morgan fingerprint density at radius 3 is 2.61 bits per heavy atom. The fourth-order valence-corrected chi connectivity index (χ4v) is 3.67. The molecule has 1 aliphatic heterocycles. The lowest BCUT2D eigenvalue weighted by atomic mass is 10.0. The predicted molar refractivity (Wildman–Crippen MR) is 106 cm³/mol. The molecule has 8 heteroatoms. The van der Waals surface area contributed by atoms with Gasteiger partial charge < -0.3 is 9.30 Å². The Hall–Kier alpha value is -2.93. The summed E-state index contributed by atoms with van der Waals surface area (Å²) in [5, 5.41) is 9.22. The summed E-state index contributed by atoms with van der Waals surface area (Å²) in [7, 11) is 3.37. The Balaban J connectivity index is 2.01. The van der Waals surface area contributed by atoms with Gasteiger partial charge in [0.05, 0.1) is 24.9 Å². The minimum atomic E-state index is -0.503. The van der Waals surface area contributed by atoms with Crippen molar-refractivity contribution in [3.63, 3.8) is 0 Å². The van der Waals surface area contributed by atoms with Crippen LogP contribution in [0.4, 0.5) is 0 Å². The van der Waals surface area contributed by atoms with E-state index in [1.807, 2.05) is 55.9 Å². The maximum atomic E-state index is 12.1. The molecule has 0 amide bonds. The topological polar surface area (TPSA) is 74.3 Å². The summed E-state index contributed by atoms with van der Waals surface area (Å²) in [5.74, 6) is 1.02. The van der Waals surface area contributed by atoms with Crippen molar-refractivity contribution in [3.8, 4) is 5.69 Å². The average molecular weight is 398 g/mol. The average Bonchev–Trinajstić information content (AvgIpc) is 3.15. The number of carbonyl (C=O) groups excluding carboxylic acids is 1. The van der Waals surface area contributed by atoms with E-state index < -0.39 is 6.04 Å². The summed E-state index contributed by atoms with van der Waals surface area (Å²) in [6.07, 6.45) is 2.12. The molecule has 28 heavy (non-hydrogen) atoms. The van der Waals surface area contributed by atoms with Crippen LogP contribution in [0.1, 0.15) is 40.9 Å². The number of ether oxygens (including phenoxy) is 1. The van der Waals surface area contributed by atoms with Gasteiger partial charge in [0, 0.05) is 35.1 Å². The summed E-state index contributed by atoms with van der Waals surface area (Å²) >= 11 is 6.08.